The van der Waals surface area contributed by atoms with Gasteiger partial charge in [0, 0.05) is 72.5 Å². The van der Waals surface area contributed by atoms with Crippen LogP contribution < -0.4 is 5.32 Å². The number of hydrogen-bond donors (Lipinski definition) is 1. The molecule has 22 heteroatoms. The summed E-state index contributed by atoms with van der Waals surface area (Å²) in [6, 6.07) is 0. The van der Waals surface area contributed by atoms with E-state index in [-0.39, 0.29) is 17.9 Å². The highest BCUT2D eigenvalue weighted by atomic mass is 35.5. The molecule has 2 amide bonds. The number of thiazole rings is 3. The van der Waals surface area contributed by atoms with Crippen molar-refractivity contribution < 1.29 is 14.3 Å². The quantitative estimate of drug-likeness (QED) is 0.182. The number of rotatable bonds is 7. The Labute approximate surface area is 376 Å². The Kier molecular flexibility index (Phi) is 14.5. The smallest absolute Gasteiger partial charge is 0.410 e. The van der Waals surface area contributed by atoms with Crippen LogP contribution in [0.1, 0.15) is 55.1 Å². The maximum absolute atomic E-state index is 12.1. The Hall–Kier alpha value is -5.48. The summed E-state index contributed by atoms with van der Waals surface area (Å²) in [6.45, 7) is 10.1. The first kappa shape index (κ1) is 44.6. The molecular weight excluding hydrogens is 870 g/mol. The monoisotopic (exact) mass is 917 g/mol. The fourth-order valence-corrected chi connectivity index (χ4v) is 9.21. The van der Waals surface area contributed by atoms with Gasteiger partial charge >= 0.3 is 6.09 Å². The Morgan fingerprint density at radius 3 is 1.44 bits per heavy atom. The predicted octanol–water partition coefficient (Wildman–Crippen LogP) is 6.07. The first-order valence-corrected chi connectivity index (χ1v) is 22.9. The lowest BCUT2D eigenvalue weighted by molar-refractivity contribution is -0.128. The van der Waals surface area contributed by atoms with Gasteiger partial charge in [0.15, 0.2) is 17.5 Å². The molecule has 0 fully saturated rings. The summed E-state index contributed by atoms with van der Waals surface area (Å²) in [6.07, 6.45) is 19.1. The topological polar surface area (TPSA) is 193 Å². The zero-order chi connectivity index (χ0) is 43.8. The molecular formula is C40H48ClN15O3S3. The van der Waals surface area contributed by atoms with E-state index < -0.39 is 5.60 Å². The van der Waals surface area contributed by atoms with E-state index in [2.05, 4.69) is 56.6 Å². The Bertz CT molecular complexity index is 2570. The van der Waals surface area contributed by atoms with Gasteiger partial charge < -0.3 is 19.9 Å². The molecule has 0 saturated heterocycles. The van der Waals surface area contributed by atoms with Gasteiger partial charge in [0.1, 0.15) is 45.5 Å². The van der Waals surface area contributed by atoms with Crippen LogP contribution in [0.25, 0.3) is 48.8 Å². The molecule has 0 unspecified atom stereocenters. The van der Waals surface area contributed by atoms with Crippen LogP contribution in [0.2, 0.25) is 0 Å². The van der Waals surface area contributed by atoms with Gasteiger partial charge in [-0.1, -0.05) is 18.2 Å². The Morgan fingerprint density at radius 2 is 1.10 bits per heavy atom. The molecule has 62 heavy (non-hydrogen) atoms. The van der Waals surface area contributed by atoms with Gasteiger partial charge in [-0.15, -0.1) is 45.6 Å². The number of nitrogens with one attached hydrogen (secondary N) is 1. The van der Waals surface area contributed by atoms with Crippen molar-refractivity contribution in [3.8, 4) is 32.1 Å². The van der Waals surface area contributed by atoms with E-state index in [0.29, 0.717) is 37.8 Å². The van der Waals surface area contributed by atoms with Crippen molar-refractivity contribution in [2.45, 2.75) is 45.6 Å². The molecule has 0 spiro atoms. The molecule has 0 atom stereocenters. The minimum absolute atomic E-state index is 0.0236. The third-order valence-corrected chi connectivity index (χ3v) is 12.8. The number of hydrogen-bond acceptors (Lipinski definition) is 16. The lowest BCUT2D eigenvalue weighted by atomic mass is 10.1. The average Bonchev–Trinajstić information content (AvgIpc) is 4.13. The largest absolute Gasteiger partial charge is 0.444 e. The van der Waals surface area contributed by atoms with Crippen molar-refractivity contribution in [3.05, 3.63) is 70.8 Å². The Balaban J connectivity index is 0.000000142. The van der Waals surface area contributed by atoms with Crippen molar-refractivity contribution in [2.75, 3.05) is 45.1 Å². The summed E-state index contributed by atoms with van der Waals surface area (Å²) < 4.78 is 10.5. The van der Waals surface area contributed by atoms with Crippen molar-refractivity contribution in [3.63, 3.8) is 0 Å². The van der Waals surface area contributed by atoms with Crippen molar-refractivity contribution >= 4 is 74.3 Å². The summed E-state index contributed by atoms with van der Waals surface area (Å²) in [4.78, 5) is 56.1. The van der Waals surface area contributed by atoms with Gasteiger partial charge in [-0.25, -0.2) is 34.7 Å². The highest BCUT2D eigenvalue weighted by Crippen LogP contribution is 2.33. The molecule has 326 valence electrons. The summed E-state index contributed by atoms with van der Waals surface area (Å²) in [7, 11) is 5.55. The molecule has 3 aliphatic rings. The van der Waals surface area contributed by atoms with E-state index >= 15 is 0 Å². The van der Waals surface area contributed by atoms with Crippen molar-refractivity contribution in [1.82, 2.24) is 74.4 Å². The molecule has 18 nitrogen and oxygen atoms in total. The van der Waals surface area contributed by atoms with E-state index in [1.807, 2.05) is 60.3 Å². The van der Waals surface area contributed by atoms with Crippen molar-refractivity contribution in [1.29, 1.82) is 0 Å². The van der Waals surface area contributed by atoms with Crippen molar-refractivity contribution in [2.24, 2.45) is 21.1 Å². The van der Waals surface area contributed by atoms with Crippen LogP contribution in [0.3, 0.4) is 0 Å². The van der Waals surface area contributed by atoms with Crippen LogP contribution in [0.5, 0.6) is 0 Å². The van der Waals surface area contributed by atoms with E-state index in [1.54, 1.807) is 89.2 Å². The first-order valence-electron chi connectivity index (χ1n) is 19.9. The van der Waals surface area contributed by atoms with Gasteiger partial charge in [-0.05, 0) is 63.3 Å². The lowest BCUT2D eigenvalue weighted by Gasteiger charge is -2.29. The normalized spacial score (nSPS) is 15.4. The van der Waals surface area contributed by atoms with Crippen LogP contribution in [0.15, 0.2) is 55.8 Å². The number of nitrogens with zero attached hydrogens (tertiary/aromatic N) is 14. The van der Waals surface area contributed by atoms with E-state index in [9.17, 15) is 9.59 Å². The van der Waals surface area contributed by atoms with Gasteiger partial charge in [0.05, 0.1) is 14.6 Å². The second-order valence-electron chi connectivity index (χ2n) is 15.4. The molecule has 0 radical (unpaired) electrons. The fourth-order valence-electron chi connectivity index (χ4n) is 6.28. The van der Waals surface area contributed by atoms with E-state index in [0.717, 1.165) is 73.4 Å². The molecule has 1 N–H and O–H groups in total. The summed E-state index contributed by atoms with van der Waals surface area (Å²) in [5, 5.41) is 19.2. The summed E-state index contributed by atoms with van der Waals surface area (Å²) in [5.41, 5.74) is 3.18. The molecule has 6 aromatic heterocycles. The minimum atomic E-state index is -0.471. The zero-order valence-corrected chi connectivity index (χ0v) is 38.6. The number of aromatic nitrogens is 12. The van der Waals surface area contributed by atoms with Crippen LogP contribution >= 0.6 is 45.6 Å². The number of carbonyl (C=O) groups is 2. The number of ether oxygens (including phenoxy) is 1. The second-order valence-corrected chi connectivity index (χ2v) is 18.7. The highest BCUT2D eigenvalue weighted by Gasteiger charge is 2.25. The number of alkyl halides is 1. The summed E-state index contributed by atoms with van der Waals surface area (Å²) in [5.74, 6) is 2.15. The summed E-state index contributed by atoms with van der Waals surface area (Å²) >= 11 is 10.4. The molecule has 9 heterocycles. The molecule has 6 aromatic rings. The maximum atomic E-state index is 12.1. The SMILES string of the molecule is Cn1cnc(-c2cnc(C3=CCN(C(=O)CCl)CC3)s2)n1.Cn1cnc(-c2cnc(C3=CCN(C(=O)OC(C)(C)C)CC3)s2)n1.Cn1cnc(-c2cnc(C3=CCNCC3)s2)n1. The van der Waals surface area contributed by atoms with Gasteiger partial charge in [-0.3, -0.25) is 18.8 Å². The van der Waals surface area contributed by atoms with E-state index in [4.69, 9.17) is 16.3 Å². The number of halogens is 1. The van der Waals surface area contributed by atoms with E-state index in [1.165, 1.54) is 11.1 Å². The van der Waals surface area contributed by atoms with Crippen LogP contribution in [-0.2, 0) is 30.7 Å². The molecule has 0 saturated carbocycles. The second kappa shape index (κ2) is 20.1. The maximum Gasteiger partial charge on any atom is 0.410 e. The molecule has 0 aromatic carbocycles. The van der Waals surface area contributed by atoms with Crippen LogP contribution in [0.4, 0.5) is 4.79 Å². The first-order chi connectivity index (χ1) is 29.8. The third kappa shape index (κ3) is 11.7. The number of amides is 2. The predicted molar refractivity (Wildman–Crippen MR) is 242 cm³/mol. The van der Waals surface area contributed by atoms with Gasteiger partial charge in [-0.2, -0.15) is 15.3 Å². The molecule has 9 rings (SSSR count). The van der Waals surface area contributed by atoms with Crippen LogP contribution in [0, 0.1) is 0 Å². The third-order valence-electron chi connectivity index (χ3n) is 9.40. The molecule has 0 aliphatic carbocycles. The van der Waals surface area contributed by atoms with Gasteiger partial charge in [0.2, 0.25) is 5.91 Å². The van der Waals surface area contributed by atoms with Gasteiger partial charge in [0.25, 0.3) is 0 Å². The van der Waals surface area contributed by atoms with Crippen LogP contribution in [-0.4, -0.2) is 132 Å². The fraction of sp³-hybridized carbons (Fsp3) is 0.425. The average molecular weight is 919 g/mol. The highest BCUT2D eigenvalue weighted by molar-refractivity contribution is 7.16. The molecule has 3 aliphatic heterocycles. The zero-order valence-electron chi connectivity index (χ0n) is 35.4. The Morgan fingerprint density at radius 1 is 0.661 bits per heavy atom. The molecule has 0 bridgehead atoms. The standard InChI is InChI=1S/C16H21N5O2S.C13H14ClN5OS.C11H13N5S/c1-16(2,3)23-15(22)21-7-5-11(6-8-21)14-17-9-12(24-14)13-18-10-20(4)19-13;1-18-8-16-12(17-18)10-7-15-13(21-10)9-2-4-19(5-3-9)11(20)6-14;1-16-7-14-10(15-16)9-6-13-11(17-9)8-2-4-12-5-3-8/h5,9-10H,6-8H2,1-4H3;2,7-8H,3-6H2,1H3;2,6-7,12H,3-5H2,1H3. The minimum Gasteiger partial charge on any atom is -0.444 e. The number of carbonyl (C=O) groups excluding carboxylic acids is 2. The lowest BCUT2D eigenvalue weighted by Crippen LogP contribution is -2.39. The number of aryl methyl sites for hydroxylation is 3.